The highest BCUT2D eigenvalue weighted by molar-refractivity contribution is 7.89. The number of sulfonamides is 1. The van der Waals surface area contributed by atoms with Crippen LogP contribution in [0.25, 0.3) is 0 Å². The number of halogens is 1. The molecule has 2 aromatic rings. The average molecular weight is 392 g/mol. The number of rotatable bonds is 6. The van der Waals surface area contributed by atoms with E-state index in [1.165, 1.54) is 34.3 Å². The van der Waals surface area contributed by atoms with Crippen molar-refractivity contribution < 1.29 is 12.8 Å². The first-order chi connectivity index (χ1) is 13.0. The minimum atomic E-state index is -3.58. The van der Waals surface area contributed by atoms with Crippen molar-refractivity contribution >= 4 is 21.4 Å². The van der Waals surface area contributed by atoms with E-state index < -0.39 is 15.8 Å². The molecule has 7 heteroatoms. The van der Waals surface area contributed by atoms with Crippen LogP contribution >= 0.6 is 0 Å². The molecule has 5 nitrogen and oxygen atoms in total. The van der Waals surface area contributed by atoms with Crippen molar-refractivity contribution in [2.24, 2.45) is 0 Å². The highest BCUT2D eigenvalue weighted by atomic mass is 32.2. The summed E-state index contributed by atoms with van der Waals surface area (Å²) < 4.78 is 39.9. The summed E-state index contributed by atoms with van der Waals surface area (Å²) in [4.78, 5) is 4.63. The molecule has 0 atom stereocenters. The summed E-state index contributed by atoms with van der Waals surface area (Å²) in [6.07, 6.45) is 0. The van der Waals surface area contributed by atoms with Gasteiger partial charge in [0.25, 0.3) is 0 Å². The van der Waals surface area contributed by atoms with Gasteiger partial charge in [-0.2, -0.15) is 4.31 Å². The van der Waals surface area contributed by atoms with Gasteiger partial charge in [0, 0.05) is 50.6 Å². The normalized spacial score (nSPS) is 15.7. The van der Waals surface area contributed by atoms with E-state index in [1.54, 1.807) is 0 Å². The van der Waals surface area contributed by atoms with E-state index in [9.17, 15) is 12.8 Å². The Labute approximate surface area is 161 Å². The highest BCUT2D eigenvalue weighted by Gasteiger charge is 2.28. The summed E-state index contributed by atoms with van der Waals surface area (Å²) in [6.45, 7) is 8.30. The van der Waals surface area contributed by atoms with Gasteiger partial charge in [-0.25, -0.2) is 12.8 Å². The van der Waals surface area contributed by atoms with Crippen LogP contribution in [0.2, 0.25) is 0 Å². The Kier molecular flexibility index (Phi) is 6.01. The number of hydrogen-bond acceptors (Lipinski definition) is 4. The second-order valence-electron chi connectivity index (χ2n) is 6.53. The van der Waals surface area contributed by atoms with Crippen LogP contribution in [0.4, 0.5) is 15.8 Å². The first-order valence-electron chi connectivity index (χ1n) is 9.31. The summed E-state index contributed by atoms with van der Waals surface area (Å²) in [6, 6.07) is 13.4. The van der Waals surface area contributed by atoms with Crippen molar-refractivity contribution in [3.8, 4) is 0 Å². The second kappa shape index (κ2) is 8.27. The third-order valence-corrected chi connectivity index (χ3v) is 6.95. The maximum absolute atomic E-state index is 13.1. The molecule has 0 spiro atoms. The van der Waals surface area contributed by atoms with Gasteiger partial charge in [-0.1, -0.05) is 0 Å². The molecule has 1 saturated heterocycles. The Hall–Kier alpha value is -2.12. The van der Waals surface area contributed by atoms with Crippen LogP contribution in [0.5, 0.6) is 0 Å². The summed E-state index contributed by atoms with van der Waals surface area (Å²) >= 11 is 0. The molecule has 0 saturated carbocycles. The summed E-state index contributed by atoms with van der Waals surface area (Å²) in [5.74, 6) is -0.438. The number of anilines is 2. The predicted molar refractivity (Wildman–Crippen MR) is 107 cm³/mol. The van der Waals surface area contributed by atoms with Crippen LogP contribution in [0.3, 0.4) is 0 Å². The summed E-state index contributed by atoms with van der Waals surface area (Å²) in [7, 11) is -3.58. The fraction of sp³-hybridized carbons (Fsp3) is 0.400. The third kappa shape index (κ3) is 4.25. The molecule has 0 unspecified atom stereocenters. The minimum absolute atomic E-state index is 0.140. The lowest BCUT2D eigenvalue weighted by molar-refractivity contribution is 0.385. The molecule has 27 heavy (non-hydrogen) atoms. The topological polar surface area (TPSA) is 43.9 Å². The fourth-order valence-corrected chi connectivity index (χ4v) is 4.83. The van der Waals surface area contributed by atoms with E-state index >= 15 is 0 Å². The zero-order valence-corrected chi connectivity index (χ0v) is 16.6. The molecule has 3 rings (SSSR count). The Morgan fingerprint density at radius 2 is 1.44 bits per heavy atom. The average Bonchev–Trinajstić information content (AvgIpc) is 2.70. The van der Waals surface area contributed by atoms with Crippen LogP contribution in [0.15, 0.2) is 53.4 Å². The maximum Gasteiger partial charge on any atom is 0.243 e. The van der Waals surface area contributed by atoms with Gasteiger partial charge >= 0.3 is 0 Å². The lowest BCUT2D eigenvalue weighted by Gasteiger charge is -2.35. The van der Waals surface area contributed by atoms with Gasteiger partial charge in [-0.15, -0.1) is 0 Å². The van der Waals surface area contributed by atoms with Crippen molar-refractivity contribution in [2.45, 2.75) is 18.7 Å². The molecule has 0 bridgehead atoms. The minimum Gasteiger partial charge on any atom is -0.372 e. The van der Waals surface area contributed by atoms with Crippen molar-refractivity contribution in [1.82, 2.24) is 4.31 Å². The van der Waals surface area contributed by atoms with Crippen molar-refractivity contribution in [3.63, 3.8) is 0 Å². The molecule has 1 heterocycles. The first-order valence-corrected chi connectivity index (χ1v) is 10.8. The smallest absolute Gasteiger partial charge is 0.243 e. The Balaban J connectivity index is 1.65. The van der Waals surface area contributed by atoms with E-state index in [-0.39, 0.29) is 4.90 Å². The summed E-state index contributed by atoms with van der Waals surface area (Å²) in [5.41, 5.74) is 2.30. The number of piperazine rings is 1. The largest absolute Gasteiger partial charge is 0.372 e. The van der Waals surface area contributed by atoms with Crippen LogP contribution < -0.4 is 9.80 Å². The fourth-order valence-electron chi connectivity index (χ4n) is 3.41. The Morgan fingerprint density at radius 3 is 1.96 bits per heavy atom. The standard InChI is InChI=1S/C20H26FN3O2S/c1-3-22(4-2)18-7-9-19(10-8-18)23-13-15-24(16-14-23)27(25,26)20-11-5-17(21)6-12-20/h5-12H,3-4,13-16H2,1-2H3. The van der Waals surface area contributed by atoms with Crippen LogP contribution in [0.1, 0.15) is 13.8 Å². The Bertz CT molecular complexity index is 842. The van der Waals surface area contributed by atoms with E-state index in [0.717, 1.165) is 18.8 Å². The molecular weight excluding hydrogens is 365 g/mol. The molecule has 0 aliphatic carbocycles. The van der Waals surface area contributed by atoms with Crippen molar-refractivity contribution in [3.05, 3.63) is 54.3 Å². The predicted octanol–water partition coefficient (Wildman–Crippen LogP) is 3.18. The quantitative estimate of drug-likeness (QED) is 0.759. The highest BCUT2D eigenvalue weighted by Crippen LogP contribution is 2.24. The van der Waals surface area contributed by atoms with Gasteiger partial charge in [0.15, 0.2) is 0 Å². The molecule has 1 aliphatic rings. The van der Waals surface area contributed by atoms with Crippen LogP contribution in [-0.4, -0.2) is 52.0 Å². The number of hydrogen-bond donors (Lipinski definition) is 0. The van der Waals surface area contributed by atoms with Gasteiger partial charge in [0.2, 0.25) is 10.0 Å². The van der Waals surface area contributed by atoms with E-state index in [1.807, 2.05) is 0 Å². The molecule has 0 amide bonds. The van der Waals surface area contributed by atoms with Gasteiger partial charge in [-0.3, -0.25) is 0 Å². The zero-order valence-electron chi connectivity index (χ0n) is 15.8. The number of nitrogens with zero attached hydrogens (tertiary/aromatic N) is 3. The lowest BCUT2D eigenvalue weighted by Crippen LogP contribution is -2.48. The summed E-state index contributed by atoms with van der Waals surface area (Å²) in [5, 5.41) is 0. The van der Waals surface area contributed by atoms with Gasteiger partial charge in [-0.05, 0) is 62.4 Å². The molecule has 0 aromatic heterocycles. The number of benzene rings is 2. The molecule has 0 radical (unpaired) electrons. The molecule has 1 aliphatic heterocycles. The van der Waals surface area contributed by atoms with Crippen LogP contribution in [-0.2, 0) is 10.0 Å². The van der Waals surface area contributed by atoms with Crippen LogP contribution in [0, 0.1) is 5.82 Å². The van der Waals surface area contributed by atoms with Crippen molar-refractivity contribution in [2.75, 3.05) is 49.1 Å². The second-order valence-corrected chi connectivity index (χ2v) is 8.47. The molecule has 1 fully saturated rings. The van der Waals surface area contributed by atoms with Crippen molar-refractivity contribution in [1.29, 1.82) is 0 Å². The molecular formula is C20H26FN3O2S. The first kappa shape index (κ1) is 19.6. The van der Waals surface area contributed by atoms with E-state index in [0.29, 0.717) is 26.2 Å². The van der Waals surface area contributed by atoms with Gasteiger partial charge in [0.1, 0.15) is 5.82 Å². The van der Waals surface area contributed by atoms with E-state index in [2.05, 4.69) is 47.9 Å². The maximum atomic E-state index is 13.1. The Morgan fingerprint density at radius 1 is 0.889 bits per heavy atom. The SMILES string of the molecule is CCN(CC)c1ccc(N2CCN(S(=O)(=O)c3ccc(F)cc3)CC2)cc1. The molecule has 2 aromatic carbocycles. The van der Waals surface area contributed by atoms with E-state index in [4.69, 9.17) is 0 Å². The zero-order chi connectivity index (χ0) is 19.4. The van der Waals surface area contributed by atoms with Gasteiger partial charge in [0.05, 0.1) is 4.90 Å². The monoisotopic (exact) mass is 391 g/mol. The molecule has 146 valence electrons. The lowest BCUT2D eigenvalue weighted by atomic mass is 10.2. The third-order valence-electron chi connectivity index (χ3n) is 5.03. The van der Waals surface area contributed by atoms with Gasteiger partial charge < -0.3 is 9.80 Å². The molecule has 0 N–H and O–H groups in total.